The van der Waals surface area contributed by atoms with E-state index in [0.717, 1.165) is 23.8 Å². The van der Waals surface area contributed by atoms with Crippen molar-refractivity contribution in [2.75, 3.05) is 6.54 Å². The molecule has 0 unspecified atom stereocenters. The lowest BCUT2D eigenvalue weighted by molar-refractivity contribution is 0.316. The molecule has 4 nitrogen and oxygen atoms in total. The SMILES string of the molecule is CCCN1C(=S)N[C@@H](c2ccccn2)[C@H]1c1c(C)[nH]c(C)c1I. The Morgan fingerprint density at radius 3 is 2.65 bits per heavy atom. The Morgan fingerprint density at radius 2 is 2.09 bits per heavy atom. The number of nitrogens with zero attached hydrogens (tertiary/aromatic N) is 2. The van der Waals surface area contributed by atoms with E-state index in [4.69, 9.17) is 12.2 Å². The molecule has 0 spiro atoms. The lowest BCUT2D eigenvalue weighted by Gasteiger charge is -2.28. The second-order valence-electron chi connectivity index (χ2n) is 5.92. The molecule has 3 heterocycles. The number of rotatable bonds is 4. The highest BCUT2D eigenvalue weighted by atomic mass is 127. The van der Waals surface area contributed by atoms with Crippen molar-refractivity contribution in [3.63, 3.8) is 0 Å². The summed E-state index contributed by atoms with van der Waals surface area (Å²) in [5, 5.41) is 4.32. The zero-order valence-electron chi connectivity index (χ0n) is 13.6. The van der Waals surface area contributed by atoms with Crippen LogP contribution in [-0.2, 0) is 0 Å². The Labute approximate surface area is 156 Å². The zero-order valence-corrected chi connectivity index (χ0v) is 16.5. The number of aromatic nitrogens is 2. The predicted octanol–water partition coefficient (Wildman–Crippen LogP) is 4.01. The normalized spacial score (nSPS) is 20.9. The molecule has 1 aliphatic rings. The number of hydrogen-bond acceptors (Lipinski definition) is 2. The first-order valence-electron chi connectivity index (χ1n) is 7.87. The molecule has 1 saturated heterocycles. The van der Waals surface area contributed by atoms with Crippen LogP contribution in [0.2, 0.25) is 0 Å². The summed E-state index contributed by atoms with van der Waals surface area (Å²) in [6.07, 6.45) is 2.91. The van der Waals surface area contributed by atoms with Gasteiger partial charge in [-0.05, 0) is 67.2 Å². The molecule has 2 atom stereocenters. The van der Waals surface area contributed by atoms with Gasteiger partial charge in [-0.15, -0.1) is 0 Å². The minimum Gasteiger partial charge on any atom is -0.362 e. The molecule has 0 saturated carbocycles. The highest BCUT2D eigenvalue weighted by Crippen LogP contribution is 2.42. The summed E-state index contributed by atoms with van der Waals surface area (Å²) in [5.41, 5.74) is 4.80. The Hall–Kier alpha value is -1.15. The molecule has 122 valence electrons. The lowest BCUT2D eigenvalue weighted by atomic mass is 9.96. The van der Waals surface area contributed by atoms with Crippen molar-refractivity contribution in [1.82, 2.24) is 20.2 Å². The Bertz CT molecular complexity index is 713. The fraction of sp³-hybridized carbons (Fsp3) is 0.412. The summed E-state index contributed by atoms with van der Waals surface area (Å²) in [6.45, 7) is 7.40. The van der Waals surface area contributed by atoms with Gasteiger partial charge in [0.2, 0.25) is 0 Å². The van der Waals surface area contributed by atoms with Crippen molar-refractivity contribution in [3.8, 4) is 0 Å². The van der Waals surface area contributed by atoms with Gasteiger partial charge in [0.1, 0.15) is 0 Å². The van der Waals surface area contributed by atoms with Crippen LogP contribution in [-0.4, -0.2) is 26.5 Å². The van der Waals surface area contributed by atoms with Gasteiger partial charge in [-0.3, -0.25) is 4.98 Å². The van der Waals surface area contributed by atoms with Crippen molar-refractivity contribution in [2.24, 2.45) is 0 Å². The van der Waals surface area contributed by atoms with Crippen LogP contribution in [0.15, 0.2) is 24.4 Å². The third-order valence-corrected chi connectivity index (χ3v) is 6.05. The molecule has 3 rings (SSSR count). The van der Waals surface area contributed by atoms with Crippen LogP contribution in [0, 0.1) is 17.4 Å². The molecule has 0 bridgehead atoms. The number of nitrogens with one attached hydrogen (secondary N) is 2. The van der Waals surface area contributed by atoms with Crippen LogP contribution in [0.4, 0.5) is 0 Å². The zero-order chi connectivity index (χ0) is 16.6. The van der Waals surface area contributed by atoms with Crippen molar-refractivity contribution in [2.45, 2.75) is 39.3 Å². The van der Waals surface area contributed by atoms with Crippen LogP contribution in [0.25, 0.3) is 0 Å². The van der Waals surface area contributed by atoms with E-state index in [1.165, 1.54) is 20.5 Å². The molecule has 0 aliphatic carbocycles. The summed E-state index contributed by atoms with van der Waals surface area (Å²) >= 11 is 8.07. The quantitative estimate of drug-likeness (QED) is 0.557. The molecule has 0 amide bonds. The first-order valence-corrected chi connectivity index (χ1v) is 9.36. The van der Waals surface area contributed by atoms with Gasteiger partial charge in [0.15, 0.2) is 5.11 Å². The fourth-order valence-corrected chi connectivity index (χ4v) is 4.51. The molecule has 2 N–H and O–H groups in total. The lowest BCUT2D eigenvalue weighted by Crippen LogP contribution is -2.30. The number of thiocarbonyl (C=S) groups is 1. The molecular weight excluding hydrogens is 419 g/mol. The van der Waals surface area contributed by atoms with E-state index in [2.05, 4.69) is 69.6 Å². The van der Waals surface area contributed by atoms with Gasteiger partial charge in [0, 0.05) is 33.3 Å². The number of aromatic amines is 1. The first kappa shape index (κ1) is 16.7. The number of pyridine rings is 1. The minimum absolute atomic E-state index is 0.0812. The van der Waals surface area contributed by atoms with Gasteiger partial charge in [0.05, 0.1) is 17.8 Å². The molecule has 0 radical (unpaired) electrons. The van der Waals surface area contributed by atoms with Crippen LogP contribution in [0.1, 0.15) is 48.1 Å². The average molecular weight is 440 g/mol. The Balaban J connectivity index is 2.11. The Kier molecular flexibility index (Phi) is 4.91. The monoisotopic (exact) mass is 440 g/mol. The predicted molar refractivity (Wildman–Crippen MR) is 105 cm³/mol. The maximum atomic E-state index is 5.63. The van der Waals surface area contributed by atoms with Crippen LogP contribution in [0.5, 0.6) is 0 Å². The van der Waals surface area contributed by atoms with Crippen LogP contribution < -0.4 is 5.32 Å². The van der Waals surface area contributed by atoms with Crippen molar-refractivity contribution in [3.05, 3.63) is 50.6 Å². The van der Waals surface area contributed by atoms with Gasteiger partial charge >= 0.3 is 0 Å². The van der Waals surface area contributed by atoms with E-state index in [0.29, 0.717) is 0 Å². The Morgan fingerprint density at radius 1 is 1.30 bits per heavy atom. The topological polar surface area (TPSA) is 44.0 Å². The molecule has 23 heavy (non-hydrogen) atoms. The molecule has 2 aromatic heterocycles. The number of H-pyrrole nitrogens is 1. The summed E-state index contributed by atoms with van der Waals surface area (Å²) in [7, 11) is 0. The van der Waals surface area contributed by atoms with Gasteiger partial charge < -0.3 is 15.2 Å². The van der Waals surface area contributed by atoms with Crippen molar-refractivity contribution < 1.29 is 0 Å². The highest BCUT2D eigenvalue weighted by molar-refractivity contribution is 14.1. The highest BCUT2D eigenvalue weighted by Gasteiger charge is 2.41. The summed E-state index contributed by atoms with van der Waals surface area (Å²) in [6, 6.07) is 6.31. The fourth-order valence-electron chi connectivity index (χ4n) is 3.32. The van der Waals surface area contributed by atoms with Gasteiger partial charge in [-0.25, -0.2) is 0 Å². The molecular formula is C17H21IN4S. The van der Waals surface area contributed by atoms with Gasteiger partial charge in [-0.2, -0.15) is 0 Å². The van der Waals surface area contributed by atoms with E-state index >= 15 is 0 Å². The van der Waals surface area contributed by atoms with Gasteiger partial charge in [0.25, 0.3) is 0 Å². The third kappa shape index (κ3) is 2.98. The van der Waals surface area contributed by atoms with Crippen LogP contribution in [0.3, 0.4) is 0 Å². The number of aryl methyl sites for hydroxylation is 2. The maximum Gasteiger partial charge on any atom is 0.170 e. The molecule has 1 fully saturated rings. The van der Waals surface area contributed by atoms with E-state index in [1.54, 1.807) is 0 Å². The third-order valence-electron chi connectivity index (χ3n) is 4.30. The maximum absolute atomic E-state index is 5.63. The molecule has 1 aliphatic heterocycles. The average Bonchev–Trinajstić information content (AvgIpc) is 2.98. The standard InChI is InChI=1S/C17H21IN4S/c1-4-9-22-16(13-10(2)20-11(3)14(13)18)15(21-17(22)23)12-7-5-6-8-19-12/h5-8,15-16,20H,4,9H2,1-3H3,(H,21,23)/t15-,16+/m0/s1. The summed E-state index contributed by atoms with van der Waals surface area (Å²) < 4.78 is 1.29. The second-order valence-corrected chi connectivity index (χ2v) is 7.39. The molecule has 0 aromatic carbocycles. The van der Waals surface area contributed by atoms with E-state index in [9.17, 15) is 0 Å². The second kappa shape index (κ2) is 6.76. The smallest absolute Gasteiger partial charge is 0.170 e. The van der Waals surface area contributed by atoms with Crippen LogP contribution >= 0.6 is 34.8 Å². The summed E-state index contributed by atoms with van der Waals surface area (Å²) in [4.78, 5) is 10.4. The van der Waals surface area contributed by atoms with Gasteiger partial charge in [-0.1, -0.05) is 13.0 Å². The minimum atomic E-state index is 0.0812. The number of halogens is 1. The molecule has 6 heteroatoms. The summed E-state index contributed by atoms with van der Waals surface area (Å²) in [5.74, 6) is 0. The van der Waals surface area contributed by atoms with Crippen molar-refractivity contribution >= 4 is 39.9 Å². The number of hydrogen-bond donors (Lipinski definition) is 2. The van der Waals surface area contributed by atoms with E-state index < -0.39 is 0 Å². The van der Waals surface area contributed by atoms with E-state index in [-0.39, 0.29) is 12.1 Å². The van der Waals surface area contributed by atoms with Crippen molar-refractivity contribution in [1.29, 1.82) is 0 Å². The van der Waals surface area contributed by atoms with E-state index in [1.807, 2.05) is 18.3 Å². The largest absolute Gasteiger partial charge is 0.362 e. The first-order chi connectivity index (χ1) is 11.0. The molecule has 2 aromatic rings.